The van der Waals surface area contributed by atoms with Crippen LogP contribution in [0.5, 0.6) is 11.5 Å². The molecule has 0 saturated heterocycles. The van der Waals surface area contributed by atoms with Crippen LogP contribution in [0.4, 0.5) is 10.1 Å². The van der Waals surface area contributed by atoms with Crippen LogP contribution in [0.2, 0.25) is 0 Å². The van der Waals surface area contributed by atoms with Crippen molar-refractivity contribution in [1.29, 1.82) is 0 Å². The van der Waals surface area contributed by atoms with E-state index in [1.165, 1.54) is 6.07 Å². The normalized spacial score (nSPS) is 11.1. The third kappa shape index (κ3) is 5.06. The fourth-order valence-electron chi connectivity index (χ4n) is 1.70. The number of benzene rings is 2. The summed E-state index contributed by atoms with van der Waals surface area (Å²) in [6, 6.07) is 11.4. The van der Waals surface area contributed by atoms with Crippen molar-refractivity contribution in [2.24, 2.45) is 5.10 Å². The van der Waals surface area contributed by atoms with Crippen LogP contribution < -0.4 is 10.2 Å². The highest BCUT2D eigenvalue weighted by molar-refractivity contribution is 9.10. The number of anilines is 1. The zero-order valence-electron chi connectivity index (χ0n) is 13.2. The van der Waals surface area contributed by atoms with Gasteiger partial charge in [0.05, 0.1) is 16.8 Å². The molecule has 0 aliphatic carbocycles. The summed E-state index contributed by atoms with van der Waals surface area (Å²) in [5.41, 5.74) is 3.66. The van der Waals surface area contributed by atoms with Gasteiger partial charge in [-0.1, -0.05) is 0 Å². The van der Waals surface area contributed by atoms with Crippen molar-refractivity contribution in [1.82, 2.24) is 0 Å². The van der Waals surface area contributed by atoms with Gasteiger partial charge in [-0.2, -0.15) is 5.10 Å². The minimum absolute atomic E-state index is 0.225. The lowest BCUT2D eigenvalue weighted by Crippen LogP contribution is -2.15. The zero-order chi connectivity index (χ0) is 17.5. The Morgan fingerprint density at radius 1 is 1.21 bits per heavy atom. The molecule has 5 nitrogen and oxygen atoms in total. The Balaban J connectivity index is 1.98. The Bertz CT molecular complexity index is 748. The number of ether oxygens (including phenoxy) is 2. The first-order chi connectivity index (χ1) is 11.5. The second-order valence-electron chi connectivity index (χ2n) is 4.73. The predicted molar refractivity (Wildman–Crippen MR) is 94.0 cm³/mol. The molecule has 0 unspecified atom stereocenters. The van der Waals surface area contributed by atoms with Crippen LogP contribution in [0.25, 0.3) is 0 Å². The molecule has 0 atom stereocenters. The summed E-state index contributed by atoms with van der Waals surface area (Å²) in [6.45, 7) is 3.59. The Labute approximate surface area is 147 Å². The molecular formula is C17H16BrFN2O3. The molecule has 126 valence electrons. The van der Waals surface area contributed by atoms with Crippen LogP contribution in [0.3, 0.4) is 0 Å². The van der Waals surface area contributed by atoms with Gasteiger partial charge in [-0.05, 0) is 66.2 Å². The summed E-state index contributed by atoms with van der Waals surface area (Å²) in [6.07, 6.45) is 0. The van der Waals surface area contributed by atoms with Gasteiger partial charge in [0.2, 0.25) is 0 Å². The van der Waals surface area contributed by atoms with E-state index in [9.17, 15) is 9.18 Å². The van der Waals surface area contributed by atoms with Gasteiger partial charge in [0, 0.05) is 6.07 Å². The number of esters is 1. The van der Waals surface area contributed by atoms with Gasteiger partial charge < -0.3 is 9.47 Å². The third-order valence-electron chi connectivity index (χ3n) is 2.90. The van der Waals surface area contributed by atoms with Crippen molar-refractivity contribution in [3.63, 3.8) is 0 Å². The number of hydrogen-bond donors (Lipinski definition) is 1. The van der Waals surface area contributed by atoms with Crippen LogP contribution in [-0.2, 0) is 9.53 Å². The van der Waals surface area contributed by atoms with Gasteiger partial charge in [-0.3, -0.25) is 5.43 Å². The van der Waals surface area contributed by atoms with E-state index in [-0.39, 0.29) is 5.71 Å². The molecule has 7 heteroatoms. The fourth-order valence-corrected chi connectivity index (χ4v) is 1.95. The number of hydrogen-bond acceptors (Lipinski definition) is 5. The Kier molecular flexibility index (Phi) is 6.31. The van der Waals surface area contributed by atoms with Crippen LogP contribution in [0.1, 0.15) is 13.8 Å². The van der Waals surface area contributed by atoms with Gasteiger partial charge in [0.25, 0.3) is 0 Å². The summed E-state index contributed by atoms with van der Waals surface area (Å²) >= 11 is 3.09. The monoisotopic (exact) mass is 394 g/mol. The SMILES string of the molecule is CCOC(=O)C(C)=NNc1ccc(Oc2ccc(Br)c(F)c2)cc1. The summed E-state index contributed by atoms with van der Waals surface area (Å²) < 4.78 is 24.2. The van der Waals surface area contributed by atoms with Crippen molar-refractivity contribution in [3.8, 4) is 11.5 Å². The van der Waals surface area contributed by atoms with Crippen LogP contribution in [-0.4, -0.2) is 18.3 Å². The van der Waals surface area contributed by atoms with E-state index in [4.69, 9.17) is 9.47 Å². The molecule has 0 bridgehead atoms. The number of halogens is 2. The van der Waals surface area contributed by atoms with Crippen LogP contribution in [0.15, 0.2) is 52.0 Å². The lowest BCUT2D eigenvalue weighted by molar-refractivity contribution is -0.135. The maximum Gasteiger partial charge on any atom is 0.354 e. The van der Waals surface area contributed by atoms with Crippen LogP contribution >= 0.6 is 15.9 Å². The summed E-state index contributed by atoms with van der Waals surface area (Å²) in [5, 5.41) is 3.94. The van der Waals surface area contributed by atoms with Gasteiger partial charge >= 0.3 is 5.97 Å². The molecule has 0 spiro atoms. The highest BCUT2D eigenvalue weighted by atomic mass is 79.9. The van der Waals surface area contributed by atoms with Gasteiger partial charge in [0.15, 0.2) is 0 Å². The molecule has 2 aromatic rings. The molecular weight excluding hydrogens is 379 g/mol. The molecule has 0 fully saturated rings. The van der Waals surface area contributed by atoms with Crippen molar-refractivity contribution in [2.75, 3.05) is 12.0 Å². The number of nitrogens with one attached hydrogen (secondary N) is 1. The molecule has 0 amide bonds. The topological polar surface area (TPSA) is 59.9 Å². The molecule has 2 rings (SSSR count). The molecule has 0 aliphatic heterocycles. The van der Waals surface area contributed by atoms with E-state index >= 15 is 0 Å². The van der Waals surface area contributed by atoms with Gasteiger partial charge in [-0.25, -0.2) is 9.18 Å². The maximum absolute atomic E-state index is 13.5. The lowest BCUT2D eigenvalue weighted by Gasteiger charge is -2.08. The number of rotatable bonds is 6. The van der Waals surface area contributed by atoms with E-state index < -0.39 is 11.8 Å². The van der Waals surface area contributed by atoms with E-state index in [0.29, 0.717) is 28.3 Å². The lowest BCUT2D eigenvalue weighted by atomic mass is 10.3. The molecule has 1 N–H and O–H groups in total. The van der Waals surface area contributed by atoms with E-state index in [0.717, 1.165) is 0 Å². The maximum atomic E-state index is 13.5. The third-order valence-corrected chi connectivity index (χ3v) is 3.55. The highest BCUT2D eigenvalue weighted by Gasteiger charge is 2.06. The Hall–Kier alpha value is -2.41. The molecule has 0 aliphatic rings. The highest BCUT2D eigenvalue weighted by Crippen LogP contribution is 2.26. The first-order valence-electron chi connectivity index (χ1n) is 7.20. The second-order valence-corrected chi connectivity index (χ2v) is 5.59. The van der Waals surface area contributed by atoms with Crippen molar-refractivity contribution in [3.05, 3.63) is 52.8 Å². The summed E-state index contributed by atoms with van der Waals surface area (Å²) in [4.78, 5) is 11.4. The molecule has 0 radical (unpaired) electrons. The largest absolute Gasteiger partial charge is 0.461 e. The van der Waals surface area contributed by atoms with Crippen molar-refractivity contribution in [2.45, 2.75) is 13.8 Å². The van der Waals surface area contributed by atoms with Gasteiger partial charge in [-0.15, -0.1) is 0 Å². The fraction of sp³-hybridized carbons (Fsp3) is 0.176. The molecule has 24 heavy (non-hydrogen) atoms. The number of carbonyl (C=O) groups excluding carboxylic acids is 1. The first kappa shape index (κ1) is 17.9. The zero-order valence-corrected chi connectivity index (χ0v) is 14.8. The summed E-state index contributed by atoms with van der Waals surface area (Å²) in [5.74, 6) is 0.0812. The Morgan fingerprint density at radius 3 is 2.50 bits per heavy atom. The minimum atomic E-state index is -0.470. The molecule has 2 aromatic carbocycles. The number of nitrogens with zero attached hydrogens (tertiary/aromatic N) is 1. The van der Waals surface area contributed by atoms with Gasteiger partial charge in [0.1, 0.15) is 23.0 Å². The minimum Gasteiger partial charge on any atom is -0.461 e. The van der Waals surface area contributed by atoms with Crippen molar-refractivity contribution >= 4 is 33.3 Å². The number of carbonyl (C=O) groups is 1. The first-order valence-corrected chi connectivity index (χ1v) is 7.99. The summed E-state index contributed by atoms with van der Waals surface area (Å²) in [7, 11) is 0. The quantitative estimate of drug-likeness (QED) is 0.437. The van der Waals surface area contributed by atoms with E-state index in [1.54, 1.807) is 50.2 Å². The number of hydrazone groups is 1. The predicted octanol–water partition coefficient (Wildman–Crippen LogP) is 4.73. The van der Waals surface area contributed by atoms with E-state index in [1.807, 2.05) is 0 Å². The van der Waals surface area contributed by atoms with E-state index in [2.05, 4.69) is 26.5 Å². The Morgan fingerprint density at radius 2 is 1.88 bits per heavy atom. The average molecular weight is 395 g/mol. The second kappa shape index (κ2) is 8.44. The smallest absolute Gasteiger partial charge is 0.354 e. The average Bonchev–Trinajstić information content (AvgIpc) is 2.57. The molecule has 0 saturated carbocycles. The van der Waals surface area contributed by atoms with Crippen LogP contribution in [0, 0.1) is 5.82 Å². The standard InChI is InChI=1S/C17H16BrFN2O3/c1-3-23-17(22)11(2)20-21-12-4-6-13(7-5-12)24-14-8-9-15(18)16(19)10-14/h4-10,21H,3H2,1-2H3. The van der Waals surface area contributed by atoms with Crippen molar-refractivity contribution < 1.29 is 18.7 Å². The molecule has 0 aromatic heterocycles. The molecule has 0 heterocycles.